The van der Waals surface area contributed by atoms with Crippen molar-refractivity contribution in [3.8, 4) is 0 Å². The number of carboxylic acid groups (broad SMARTS) is 1. The van der Waals surface area contributed by atoms with E-state index < -0.39 is 24.4 Å². The Kier molecular flexibility index (Phi) is 3.25. The van der Waals surface area contributed by atoms with Gasteiger partial charge in [-0.1, -0.05) is 13.8 Å². The lowest BCUT2D eigenvalue weighted by Gasteiger charge is -2.06. The van der Waals surface area contributed by atoms with E-state index in [2.05, 4.69) is 5.10 Å². The van der Waals surface area contributed by atoms with E-state index in [-0.39, 0.29) is 11.6 Å². The van der Waals surface area contributed by atoms with Gasteiger partial charge in [0.2, 0.25) is 0 Å². The van der Waals surface area contributed by atoms with E-state index in [9.17, 15) is 18.0 Å². The minimum absolute atomic E-state index is 0.219. The molecule has 0 atom stereocenters. The molecule has 0 saturated carbocycles. The molecule has 0 aliphatic heterocycles. The third-order valence-corrected chi connectivity index (χ3v) is 1.98. The number of halogens is 3. The van der Waals surface area contributed by atoms with E-state index in [1.54, 1.807) is 13.8 Å². The van der Waals surface area contributed by atoms with Gasteiger partial charge < -0.3 is 5.11 Å². The monoisotopic (exact) mass is 236 g/mol. The van der Waals surface area contributed by atoms with Crippen LogP contribution < -0.4 is 0 Å². The maximum Gasteiger partial charge on any atom is 0.435 e. The quantitative estimate of drug-likeness (QED) is 0.874. The topological polar surface area (TPSA) is 55.1 Å². The van der Waals surface area contributed by atoms with E-state index in [1.807, 2.05) is 0 Å². The molecule has 1 rings (SSSR count). The summed E-state index contributed by atoms with van der Waals surface area (Å²) in [7, 11) is 0. The smallest absolute Gasteiger partial charge is 0.435 e. The van der Waals surface area contributed by atoms with Gasteiger partial charge in [-0.25, -0.2) is 0 Å². The van der Waals surface area contributed by atoms with Crippen molar-refractivity contribution in [1.82, 2.24) is 9.78 Å². The fourth-order valence-corrected chi connectivity index (χ4v) is 1.29. The largest absolute Gasteiger partial charge is 0.480 e. The number of hydrogen-bond acceptors (Lipinski definition) is 2. The van der Waals surface area contributed by atoms with Gasteiger partial charge in [0.05, 0.1) is 0 Å². The van der Waals surface area contributed by atoms with Crippen LogP contribution >= 0.6 is 0 Å². The van der Waals surface area contributed by atoms with E-state index in [0.29, 0.717) is 0 Å². The maximum absolute atomic E-state index is 12.4. The first-order chi connectivity index (χ1) is 7.21. The second kappa shape index (κ2) is 4.15. The minimum atomic E-state index is -4.55. The summed E-state index contributed by atoms with van der Waals surface area (Å²) in [5, 5.41) is 11.8. The number of aromatic nitrogens is 2. The summed E-state index contributed by atoms with van der Waals surface area (Å²) in [6.45, 7) is 2.79. The maximum atomic E-state index is 12.4. The lowest BCUT2D eigenvalue weighted by atomic mass is 10.1. The summed E-state index contributed by atoms with van der Waals surface area (Å²) in [5.74, 6) is -1.44. The first-order valence-corrected chi connectivity index (χ1v) is 4.58. The van der Waals surface area contributed by atoms with Crippen LogP contribution in [0.15, 0.2) is 6.07 Å². The van der Waals surface area contributed by atoms with E-state index in [0.717, 1.165) is 10.7 Å². The number of aliphatic carboxylic acids is 1. The number of alkyl halides is 3. The third kappa shape index (κ3) is 2.74. The molecule has 0 bridgehead atoms. The zero-order valence-corrected chi connectivity index (χ0v) is 8.75. The van der Waals surface area contributed by atoms with Gasteiger partial charge in [-0.3, -0.25) is 9.48 Å². The second-order valence-electron chi connectivity index (χ2n) is 3.66. The van der Waals surface area contributed by atoms with Gasteiger partial charge in [0.15, 0.2) is 5.69 Å². The molecule has 4 nitrogen and oxygen atoms in total. The first-order valence-electron chi connectivity index (χ1n) is 4.58. The first kappa shape index (κ1) is 12.5. The van der Waals surface area contributed by atoms with Crippen molar-refractivity contribution < 1.29 is 23.1 Å². The lowest BCUT2D eigenvalue weighted by molar-refractivity contribution is -0.143. The van der Waals surface area contributed by atoms with Gasteiger partial charge in [-0.15, -0.1) is 0 Å². The average Bonchev–Trinajstić information content (AvgIpc) is 2.45. The Bertz CT molecular complexity index is 396. The molecule has 0 amide bonds. The van der Waals surface area contributed by atoms with Gasteiger partial charge in [0.25, 0.3) is 0 Å². The normalized spacial score (nSPS) is 12.1. The molecule has 0 spiro atoms. The fourth-order valence-electron chi connectivity index (χ4n) is 1.29. The standard InChI is InChI=1S/C9H11F3N2O2/c1-5(2)6-3-7(9(10,11)12)13-14(6)4-8(15)16/h3,5H,4H2,1-2H3,(H,15,16). The summed E-state index contributed by atoms with van der Waals surface area (Å²) >= 11 is 0. The van der Waals surface area contributed by atoms with Crippen molar-refractivity contribution in [2.75, 3.05) is 0 Å². The molecule has 1 N–H and O–H groups in total. The molecule has 0 radical (unpaired) electrons. The Morgan fingerprint density at radius 2 is 2.12 bits per heavy atom. The zero-order chi connectivity index (χ0) is 12.5. The van der Waals surface area contributed by atoms with Gasteiger partial charge in [-0.05, 0) is 12.0 Å². The Hall–Kier alpha value is -1.53. The SMILES string of the molecule is CC(C)c1cc(C(F)(F)F)nn1CC(=O)O. The van der Waals surface area contributed by atoms with Crippen LogP contribution in [0.3, 0.4) is 0 Å². The summed E-state index contributed by atoms with van der Waals surface area (Å²) in [4.78, 5) is 10.5. The van der Waals surface area contributed by atoms with Gasteiger partial charge >= 0.3 is 12.1 Å². The predicted octanol–water partition coefficient (Wildman–Crippen LogP) is 2.11. The van der Waals surface area contributed by atoms with Gasteiger partial charge in [0, 0.05) is 5.69 Å². The van der Waals surface area contributed by atoms with Crippen LogP contribution in [0.2, 0.25) is 0 Å². The van der Waals surface area contributed by atoms with Crippen molar-refractivity contribution in [3.05, 3.63) is 17.5 Å². The predicted molar refractivity (Wildman–Crippen MR) is 49.0 cm³/mol. The highest BCUT2D eigenvalue weighted by Crippen LogP contribution is 2.30. The molecule has 0 aromatic carbocycles. The van der Waals surface area contributed by atoms with Crippen LogP contribution in [0.1, 0.15) is 31.2 Å². The number of nitrogens with zero attached hydrogens (tertiary/aromatic N) is 2. The molecule has 7 heteroatoms. The van der Waals surface area contributed by atoms with Crippen molar-refractivity contribution in [2.45, 2.75) is 32.5 Å². The molecule has 1 aromatic heterocycles. The third-order valence-electron chi connectivity index (χ3n) is 1.98. The van der Waals surface area contributed by atoms with Crippen LogP contribution in [-0.2, 0) is 17.5 Å². The molecule has 16 heavy (non-hydrogen) atoms. The van der Waals surface area contributed by atoms with Crippen LogP contribution in [0, 0.1) is 0 Å². The molecule has 0 aliphatic carbocycles. The Morgan fingerprint density at radius 1 is 1.56 bits per heavy atom. The molecule has 0 unspecified atom stereocenters. The number of hydrogen-bond donors (Lipinski definition) is 1. The highest BCUT2D eigenvalue weighted by Gasteiger charge is 2.35. The highest BCUT2D eigenvalue weighted by molar-refractivity contribution is 5.66. The summed E-state index contributed by atoms with van der Waals surface area (Å²) < 4.78 is 37.9. The van der Waals surface area contributed by atoms with Crippen LogP contribution in [0.5, 0.6) is 0 Å². The van der Waals surface area contributed by atoms with Crippen LogP contribution in [0.25, 0.3) is 0 Å². The molecule has 1 aromatic rings. The van der Waals surface area contributed by atoms with E-state index >= 15 is 0 Å². The molecular formula is C9H11F3N2O2. The zero-order valence-electron chi connectivity index (χ0n) is 8.75. The number of rotatable bonds is 3. The van der Waals surface area contributed by atoms with Crippen molar-refractivity contribution >= 4 is 5.97 Å². The summed E-state index contributed by atoms with van der Waals surface area (Å²) in [5.41, 5.74) is -0.799. The summed E-state index contributed by atoms with van der Waals surface area (Å²) in [6.07, 6.45) is -4.55. The number of carboxylic acids is 1. The Labute approximate surface area is 89.7 Å². The Balaban J connectivity index is 3.15. The van der Waals surface area contributed by atoms with Crippen molar-refractivity contribution in [1.29, 1.82) is 0 Å². The number of carbonyl (C=O) groups is 1. The molecular weight excluding hydrogens is 225 g/mol. The van der Waals surface area contributed by atoms with Gasteiger partial charge in [-0.2, -0.15) is 18.3 Å². The van der Waals surface area contributed by atoms with Crippen LogP contribution in [0.4, 0.5) is 13.2 Å². The van der Waals surface area contributed by atoms with Crippen molar-refractivity contribution in [2.24, 2.45) is 0 Å². The van der Waals surface area contributed by atoms with Crippen molar-refractivity contribution in [3.63, 3.8) is 0 Å². The molecule has 0 fully saturated rings. The second-order valence-corrected chi connectivity index (χ2v) is 3.66. The minimum Gasteiger partial charge on any atom is -0.480 e. The van der Waals surface area contributed by atoms with E-state index in [4.69, 9.17) is 5.11 Å². The fraction of sp³-hybridized carbons (Fsp3) is 0.556. The molecule has 0 saturated heterocycles. The van der Waals surface area contributed by atoms with E-state index in [1.165, 1.54) is 0 Å². The van der Waals surface area contributed by atoms with Gasteiger partial charge in [0.1, 0.15) is 6.54 Å². The molecule has 1 heterocycles. The Morgan fingerprint density at radius 3 is 2.50 bits per heavy atom. The average molecular weight is 236 g/mol. The molecule has 90 valence electrons. The summed E-state index contributed by atoms with van der Waals surface area (Å²) in [6, 6.07) is 0.883. The lowest BCUT2D eigenvalue weighted by Crippen LogP contribution is -2.14. The van der Waals surface area contributed by atoms with Crippen LogP contribution in [-0.4, -0.2) is 20.9 Å². The highest BCUT2D eigenvalue weighted by atomic mass is 19.4. The molecule has 0 aliphatic rings.